The molecule has 0 aliphatic carbocycles. The lowest BCUT2D eigenvalue weighted by Gasteiger charge is -2.31. The summed E-state index contributed by atoms with van der Waals surface area (Å²) in [5, 5.41) is 30.7. The lowest BCUT2D eigenvalue weighted by Crippen LogP contribution is -2.45. The van der Waals surface area contributed by atoms with E-state index in [1.54, 1.807) is 30.3 Å². The maximum atomic E-state index is 13.0. The zero-order chi connectivity index (χ0) is 22.0. The molecule has 158 valence electrons. The maximum Gasteiger partial charge on any atom is 0.433 e. The van der Waals surface area contributed by atoms with Crippen LogP contribution in [-0.4, -0.2) is 33.2 Å². The van der Waals surface area contributed by atoms with E-state index in [1.807, 2.05) is 31.2 Å². The van der Waals surface area contributed by atoms with Crippen LogP contribution in [0.5, 0.6) is 0 Å². The Labute approximate surface area is 177 Å². The Morgan fingerprint density at radius 1 is 1.19 bits per heavy atom. The molecule has 2 N–H and O–H groups in total. The molecule has 0 radical (unpaired) electrons. The summed E-state index contributed by atoms with van der Waals surface area (Å²) in [6.07, 6.45) is -0.0715. The van der Waals surface area contributed by atoms with Gasteiger partial charge in [0.2, 0.25) is 0 Å². The Morgan fingerprint density at radius 3 is 2.55 bits per heavy atom. The number of rotatable bonds is 6. The molecule has 0 spiro atoms. The van der Waals surface area contributed by atoms with E-state index in [2.05, 4.69) is 10.4 Å². The molecule has 31 heavy (non-hydrogen) atoms. The molecule has 3 aromatic rings. The fraction of sp³-hybridized carbons (Fsp3) is 0.182. The van der Waals surface area contributed by atoms with Gasteiger partial charge < -0.3 is 14.8 Å². The average molecular weight is 420 g/mol. The molecule has 1 amide bonds. The summed E-state index contributed by atoms with van der Waals surface area (Å²) < 4.78 is 5.23. The van der Waals surface area contributed by atoms with E-state index in [4.69, 9.17) is 4.42 Å². The van der Waals surface area contributed by atoms with Gasteiger partial charge in [0.1, 0.15) is 10.6 Å². The van der Waals surface area contributed by atoms with Gasteiger partial charge in [0.05, 0.1) is 12.6 Å². The van der Waals surface area contributed by atoms with E-state index in [1.165, 1.54) is 12.1 Å². The monoisotopic (exact) mass is 420 g/mol. The van der Waals surface area contributed by atoms with Crippen LogP contribution in [-0.2, 0) is 10.5 Å². The number of carbonyl (C=O) groups excluding carboxylic acids is 1. The van der Waals surface area contributed by atoms with Crippen LogP contribution in [0.3, 0.4) is 0 Å². The number of nitro groups is 1. The first-order valence-electron chi connectivity index (χ1n) is 9.60. The molecule has 9 heteroatoms. The molecule has 0 saturated heterocycles. The molecule has 2 heterocycles. The minimum atomic E-state index is -1.75. The second-order valence-corrected chi connectivity index (χ2v) is 7.23. The van der Waals surface area contributed by atoms with Gasteiger partial charge in [-0.05, 0) is 25.1 Å². The number of carbonyl (C=O) groups is 1. The van der Waals surface area contributed by atoms with E-state index in [0.717, 1.165) is 16.3 Å². The minimum absolute atomic E-state index is 0.0715. The molecule has 1 aliphatic heterocycles. The van der Waals surface area contributed by atoms with E-state index >= 15 is 0 Å². The first kappa shape index (κ1) is 20.3. The highest BCUT2D eigenvalue weighted by Crippen LogP contribution is 2.37. The quantitative estimate of drug-likeness (QED) is 0.466. The van der Waals surface area contributed by atoms with Gasteiger partial charge in [0.25, 0.3) is 5.91 Å². The lowest BCUT2D eigenvalue weighted by molar-refractivity contribution is -0.402. The fourth-order valence-electron chi connectivity index (χ4n) is 3.38. The summed E-state index contributed by atoms with van der Waals surface area (Å²) in [5.74, 6) is -0.780. The molecule has 1 atom stereocenters. The largest absolute Gasteiger partial charge is 0.433 e. The molecule has 1 aromatic heterocycles. The first-order valence-corrected chi connectivity index (χ1v) is 9.60. The highest BCUT2D eigenvalue weighted by molar-refractivity contribution is 6.02. The molecule has 1 aliphatic rings. The van der Waals surface area contributed by atoms with Crippen molar-refractivity contribution in [2.24, 2.45) is 5.10 Å². The second kappa shape index (κ2) is 8.04. The fourth-order valence-corrected chi connectivity index (χ4v) is 3.38. The smallest absolute Gasteiger partial charge is 0.399 e. The molecule has 1 unspecified atom stereocenters. The molecule has 0 bridgehead atoms. The van der Waals surface area contributed by atoms with Crippen molar-refractivity contribution < 1.29 is 19.2 Å². The van der Waals surface area contributed by atoms with Crippen LogP contribution in [0, 0.1) is 17.0 Å². The summed E-state index contributed by atoms with van der Waals surface area (Å²) in [7, 11) is 0. The van der Waals surface area contributed by atoms with E-state index in [9.17, 15) is 20.0 Å². The predicted molar refractivity (Wildman–Crippen MR) is 113 cm³/mol. The SMILES string of the molecule is Cc1ccc(NCC(=O)N2N=C(c3ccc([N+](=O)[O-])o3)CC2(O)c2ccccc2)cc1. The number of benzene rings is 2. The summed E-state index contributed by atoms with van der Waals surface area (Å²) in [6, 6.07) is 18.8. The van der Waals surface area contributed by atoms with Crippen LogP contribution in [0.25, 0.3) is 0 Å². The third-order valence-corrected chi connectivity index (χ3v) is 5.01. The number of hydrogen-bond donors (Lipinski definition) is 2. The van der Waals surface area contributed by atoms with Crippen molar-refractivity contribution in [3.8, 4) is 0 Å². The average Bonchev–Trinajstić information content (AvgIpc) is 3.40. The Kier molecular flexibility index (Phi) is 5.26. The van der Waals surface area contributed by atoms with Gasteiger partial charge in [-0.2, -0.15) is 10.1 Å². The highest BCUT2D eigenvalue weighted by atomic mass is 16.6. The number of aliphatic hydroxyl groups is 1. The van der Waals surface area contributed by atoms with Gasteiger partial charge in [0, 0.05) is 17.7 Å². The molecule has 4 rings (SSSR count). The topological polar surface area (TPSA) is 121 Å². The van der Waals surface area contributed by atoms with Gasteiger partial charge >= 0.3 is 5.88 Å². The van der Waals surface area contributed by atoms with E-state index in [-0.39, 0.29) is 24.4 Å². The molecule has 9 nitrogen and oxygen atoms in total. The van der Waals surface area contributed by atoms with Crippen molar-refractivity contribution in [2.45, 2.75) is 19.1 Å². The molecular formula is C22H20N4O5. The van der Waals surface area contributed by atoms with Crippen molar-refractivity contribution in [2.75, 3.05) is 11.9 Å². The zero-order valence-electron chi connectivity index (χ0n) is 16.7. The standard InChI is InChI=1S/C22H20N4O5/c1-15-7-9-17(10-8-15)23-14-20(27)25-22(28,16-5-3-2-4-6-16)13-18(24-25)19-11-12-21(31-19)26(29)30/h2-12,23,28H,13-14H2,1H3. The predicted octanol–water partition coefficient (Wildman–Crippen LogP) is 3.39. The van der Waals surface area contributed by atoms with Gasteiger partial charge in [-0.1, -0.05) is 48.0 Å². The minimum Gasteiger partial charge on any atom is -0.399 e. The number of aryl methyl sites for hydroxylation is 1. The third kappa shape index (κ3) is 4.03. The van der Waals surface area contributed by atoms with Gasteiger partial charge in [-0.3, -0.25) is 14.9 Å². The first-order chi connectivity index (χ1) is 14.9. The van der Waals surface area contributed by atoms with Crippen molar-refractivity contribution in [1.29, 1.82) is 0 Å². The number of hydrazone groups is 1. The second-order valence-electron chi connectivity index (χ2n) is 7.23. The van der Waals surface area contributed by atoms with Crippen LogP contribution in [0.4, 0.5) is 11.6 Å². The van der Waals surface area contributed by atoms with Crippen molar-refractivity contribution in [3.05, 3.63) is 93.7 Å². The Bertz CT molecular complexity index is 1140. The normalized spacial score (nSPS) is 18.0. The van der Waals surface area contributed by atoms with E-state index in [0.29, 0.717) is 5.56 Å². The van der Waals surface area contributed by atoms with Crippen molar-refractivity contribution in [1.82, 2.24) is 5.01 Å². The van der Waals surface area contributed by atoms with Crippen molar-refractivity contribution >= 4 is 23.2 Å². The summed E-state index contributed by atoms with van der Waals surface area (Å²) >= 11 is 0. The number of furan rings is 1. The van der Waals surface area contributed by atoms with Crippen LogP contribution < -0.4 is 5.32 Å². The van der Waals surface area contributed by atoms with Crippen molar-refractivity contribution in [3.63, 3.8) is 0 Å². The van der Waals surface area contributed by atoms with Crippen LogP contribution in [0.15, 0.2) is 76.2 Å². The zero-order valence-corrected chi connectivity index (χ0v) is 16.7. The maximum absolute atomic E-state index is 13.0. The molecule has 0 saturated carbocycles. The van der Waals surface area contributed by atoms with Gasteiger partial charge in [0.15, 0.2) is 11.5 Å². The number of nitrogens with zero attached hydrogens (tertiary/aromatic N) is 3. The van der Waals surface area contributed by atoms with Crippen LogP contribution in [0.2, 0.25) is 0 Å². The Balaban J connectivity index is 1.62. The Hall–Kier alpha value is -3.98. The van der Waals surface area contributed by atoms with Crippen LogP contribution in [0.1, 0.15) is 23.3 Å². The Morgan fingerprint density at radius 2 is 1.90 bits per heavy atom. The number of amides is 1. The molecule has 2 aromatic carbocycles. The summed E-state index contributed by atoms with van der Waals surface area (Å²) in [5.41, 5.74) is 0.815. The third-order valence-electron chi connectivity index (χ3n) is 5.01. The number of nitrogens with one attached hydrogen (secondary N) is 1. The molecule has 0 fully saturated rings. The lowest BCUT2D eigenvalue weighted by atomic mass is 9.96. The van der Waals surface area contributed by atoms with Gasteiger partial charge in [-0.25, -0.2) is 0 Å². The highest BCUT2D eigenvalue weighted by Gasteiger charge is 2.46. The molecular weight excluding hydrogens is 400 g/mol. The van der Waals surface area contributed by atoms with E-state index < -0.39 is 22.4 Å². The number of anilines is 1. The summed E-state index contributed by atoms with van der Waals surface area (Å²) in [6.45, 7) is 1.86. The van der Waals surface area contributed by atoms with Gasteiger partial charge in [-0.15, -0.1) is 0 Å². The van der Waals surface area contributed by atoms with Crippen LogP contribution >= 0.6 is 0 Å². The number of hydrogen-bond acceptors (Lipinski definition) is 7. The summed E-state index contributed by atoms with van der Waals surface area (Å²) in [4.78, 5) is 23.3.